The molecule has 0 aliphatic heterocycles. The van der Waals surface area contributed by atoms with Gasteiger partial charge in [-0.3, -0.25) is 0 Å². The summed E-state index contributed by atoms with van der Waals surface area (Å²) in [7, 11) is 0. The van der Waals surface area contributed by atoms with Gasteiger partial charge in [0.15, 0.2) is 0 Å². The third kappa shape index (κ3) is 3.21. The van der Waals surface area contributed by atoms with Crippen LogP contribution in [0.2, 0.25) is 0 Å². The van der Waals surface area contributed by atoms with E-state index in [1.54, 1.807) is 0 Å². The fourth-order valence-electron chi connectivity index (χ4n) is 2.10. The summed E-state index contributed by atoms with van der Waals surface area (Å²) in [4.78, 5) is 0. The van der Waals surface area contributed by atoms with Crippen molar-refractivity contribution in [2.75, 3.05) is 0 Å². The number of benzene rings is 2. The van der Waals surface area contributed by atoms with E-state index in [9.17, 15) is 0 Å². The first-order valence-corrected chi connectivity index (χ1v) is 7.72. The van der Waals surface area contributed by atoms with Crippen LogP contribution < -0.4 is 0 Å². The van der Waals surface area contributed by atoms with Crippen LogP contribution in [0.25, 0.3) is 0 Å². The smallest absolute Gasteiger partial charge is 0.0846 e. The van der Waals surface area contributed by atoms with Gasteiger partial charge in [-0.25, -0.2) is 0 Å². The van der Waals surface area contributed by atoms with Crippen molar-refractivity contribution < 1.29 is 0 Å². The number of hydrogen-bond acceptors (Lipinski definition) is 0. The summed E-state index contributed by atoms with van der Waals surface area (Å²) in [6.45, 7) is 6.48. The number of hydrogen-bond donors (Lipinski definition) is 0. The van der Waals surface area contributed by atoms with Crippen LogP contribution in [0.3, 0.4) is 0 Å². The van der Waals surface area contributed by atoms with E-state index in [1.165, 1.54) is 11.1 Å². The quantitative estimate of drug-likeness (QED) is 0.584. The molecule has 100 valence electrons. The largest absolute Gasteiger partial charge is 0.113 e. The molecule has 0 amide bonds. The molecule has 0 radical (unpaired) electrons. The molecule has 0 saturated heterocycles. The Morgan fingerprint density at radius 1 is 0.947 bits per heavy atom. The van der Waals surface area contributed by atoms with E-state index in [-0.39, 0.29) is 5.38 Å². The predicted octanol–water partition coefficient (Wildman–Crippen LogP) is 6.21. The van der Waals surface area contributed by atoms with E-state index in [0.717, 1.165) is 15.6 Å². The number of alkyl halides is 1. The summed E-state index contributed by atoms with van der Waals surface area (Å²) in [5, 5.41) is -0.115. The summed E-state index contributed by atoms with van der Waals surface area (Å²) in [5.74, 6) is 0.550. The van der Waals surface area contributed by atoms with Crippen LogP contribution in [0.15, 0.2) is 46.9 Å². The molecule has 0 bridgehead atoms. The molecule has 0 aromatic heterocycles. The van der Waals surface area contributed by atoms with Crippen LogP contribution >= 0.6 is 27.5 Å². The number of aryl methyl sites for hydroxylation is 1. The molecule has 1 unspecified atom stereocenters. The van der Waals surface area contributed by atoms with E-state index in [4.69, 9.17) is 11.6 Å². The minimum absolute atomic E-state index is 0.115. The average Bonchev–Trinajstić information content (AvgIpc) is 2.41. The van der Waals surface area contributed by atoms with Crippen LogP contribution in [0.1, 0.15) is 47.4 Å². The zero-order chi connectivity index (χ0) is 14.0. The molecule has 0 nitrogen and oxygen atoms in total. The third-order valence-electron chi connectivity index (χ3n) is 3.39. The molecule has 2 heteroatoms. The van der Waals surface area contributed by atoms with Gasteiger partial charge in [-0.05, 0) is 35.1 Å². The summed E-state index contributed by atoms with van der Waals surface area (Å²) in [5.41, 5.74) is 4.81. The van der Waals surface area contributed by atoms with Crippen LogP contribution in [-0.2, 0) is 0 Å². The maximum absolute atomic E-state index is 6.61. The molecule has 0 saturated carbocycles. The molecule has 19 heavy (non-hydrogen) atoms. The maximum Gasteiger partial charge on any atom is 0.0846 e. The standard InChI is InChI=1S/C17H18BrCl/c1-11(2)13-7-9-14(10-8-13)17(19)15-6-4-5-12(3)16(15)18/h4-11,17H,1-3H3. The van der Waals surface area contributed by atoms with Crippen LogP contribution in [0.4, 0.5) is 0 Å². The van der Waals surface area contributed by atoms with Crippen molar-refractivity contribution in [2.24, 2.45) is 0 Å². The minimum Gasteiger partial charge on any atom is -0.113 e. The van der Waals surface area contributed by atoms with Gasteiger partial charge in [0.05, 0.1) is 5.38 Å². The lowest BCUT2D eigenvalue weighted by atomic mass is 9.98. The van der Waals surface area contributed by atoms with Crippen molar-refractivity contribution in [3.8, 4) is 0 Å². The van der Waals surface area contributed by atoms with Gasteiger partial charge < -0.3 is 0 Å². The Morgan fingerprint density at radius 3 is 2.11 bits per heavy atom. The van der Waals surface area contributed by atoms with Crippen LogP contribution in [0.5, 0.6) is 0 Å². The third-order valence-corrected chi connectivity index (χ3v) is 4.96. The Kier molecular flexibility index (Phi) is 4.70. The lowest BCUT2D eigenvalue weighted by molar-refractivity contribution is 0.865. The fourth-order valence-corrected chi connectivity index (χ4v) is 3.05. The highest BCUT2D eigenvalue weighted by Crippen LogP contribution is 2.35. The Balaban J connectivity index is 2.33. The predicted molar refractivity (Wildman–Crippen MR) is 87.1 cm³/mol. The summed E-state index contributed by atoms with van der Waals surface area (Å²) in [6.07, 6.45) is 0. The highest BCUT2D eigenvalue weighted by atomic mass is 79.9. The van der Waals surface area contributed by atoms with E-state index < -0.39 is 0 Å². The molecule has 2 aromatic rings. The van der Waals surface area contributed by atoms with Gasteiger partial charge in [0.1, 0.15) is 0 Å². The first-order valence-electron chi connectivity index (χ1n) is 6.49. The highest BCUT2D eigenvalue weighted by Gasteiger charge is 2.15. The van der Waals surface area contributed by atoms with Crippen molar-refractivity contribution >= 4 is 27.5 Å². The summed E-state index contributed by atoms with van der Waals surface area (Å²) in [6, 6.07) is 14.8. The van der Waals surface area contributed by atoms with Gasteiger partial charge in [0.25, 0.3) is 0 Å². The molecule has 0 aliphatic rings. The average molecular weight is 338 g/mol. The highest BCUT2D eigenvalue weighted by molar-refractivity contribution is 9.10. The van der Waals surface area contributed by atoms with Gasteiger partial charge in [-0.15, -0.1) is 11.6 Å². The fraction of sp³-hybridized carbons (Fsp3) is 0.294. The van der Waals surface area contributed by atoms with Gasteiger partial charge in [-0.2, -0.15) is 0 Å². The lowest BCUT2D eigenvalue weighted by Gasteiger charge is -2.15. The Bertz CT molecular complexity index is 558. The summed E-state index contributed by atoms with van der Waals surface area (Å²) < 4.78 is 1.10. The number of rotatable bonds is 3. The van der Waals surface area contributed by atoms with Crippen molar-refractivity contribution in [3.63, 3.8) is 0 Å². The van der Waals surface area contributed by atoms with Gasteiger partial charge >= 0.3 is 0 Å². The topological polar surface area (TPSA) is 0 Å². The second kappa shape index (κ2) is 6.11. The van der Waals surface area contributed by atoms with Crippen molar-refractivity contribution in [2.45, 2.75) is 32.1 Å². The zero-order valence-electron chi connectivity index (χ0n) is 11.5. The Hall–Kier alpha value is -0.790. The van der Waals surface area contributed by atoms with Gasteiger partial charge in [0, 0.05) is 4.47 Å². The Labute approximate surface area is 128 Å². The second-order valence-electron chi connectivity index (χ2n) is 5.16. The van der Waals surface area contributed by atoms with E-state index >= 15 is 0 Å². The molecule has 1 atom stereocenters. The first kappa shape index (κ1) is 14.6. The second-order valence-corrected chi connectivity index (χ2v) is 6.39. The van der Waals surface area contributed by atoms with E-state index in [0.29, 0.717) is 5.92 Å². The normalized spacial score (nSPS) is 12.7. The molecule has 0 heterocycles. The van der Waals surface area contributed by atoms with Crippen LogP contribution in [0, 0.1) is 6.92 Å². The van der Waals surface area contributed by atoms with Crippen molar-refractivity contribution in [1.82, 2.24) is 0 Å². The molecule has 0 N–H and O–H groups in total. The first-order chi connectivity index (χ1) is 9.00. The van der Waals surface area contributed by atoms with Crippen LogP contribution in [-0.4, -0.2) is 0 Å². The number of halogens is 2. The zero-order valence-corrected chi connectivity index (χ0v) is 13.8. The molecular formula is C17H18BrCl. The SMILES string of the molecule is Cc1cccc(C(Cl)c2ccc(C(C)C)cc2)c1Br. The Morgan fingerprint density at radius 2 is 1.53 bits per heavy atom. The van der Waals surface area contributed by atoms with Crippen molar-refractivity contribution in [3.05, 3.63) is 69.2 Å². The maximum atomic E-state index is 6.61. The van der Waals surface area contributed by atoms with Crippen molar-refractivity contribution in [1.29, 1.82) is 0 Å². The lowest BCUT2D eigenvalue weighted by Crippen LogP contribution is -1.97. The molecule has 2 aromatic carbocycles. The monoisotopic (exact) mass is 336 g/mol. The molecule has 2 rings (SSSR count). The van der Waals surface area contributed by atoms with Gasteiger partial charge in [-0.1, -0.05) is 72.2 Å². The summed E-state index contributed by atoms with van der Waals surface area (Å²) >= 11 is 10.2. The minimum atomic E-state index is -0.115. The van der Waals surface area contributed by atoms with E-state index in [2.05, 4.69) is 73.1 Å². The molecule has 0 spiro atoms. The van der Waals surface area contributed by atoms with E-state index in [1.807, 2.05) is 6.07 Å². The molecular weight excluding hydrogens is 320 g/mol. The molecule has 0 aliphatic carbocycles. The molecule has 0 fully saturated rings. The van der Waals surface area contributed by atoms with Gasteiger partial charge in [0.2, 0.25) is 0 Å².